The Labute approximate surface area is 82.2 Å². The zero-order valence-electron chi connectivity index (χ0n) is 8.01. The predicted octanol–water partition coefficient (Wildman–Crippen LogP) is 1.65. The second kappa shape index (κ2) is 4.72. The molecule has 1 rings (SSSR count). The number of benzene rings is 1. The lowest BCUT2D eigenvalue weighted by Gasteiger charge is -2.06. The molecule has 3 N–H and O–H groups in total. The molecule has 14 heavy (non-hydrogen) atoms. The third kappa shape index (κ3) is 2.29. The maximum atomic E-state index is 13.5. The second-order valence-corrected chi connectivity index (χ2v) is 2.83. The number of halogens is 1. The Morgan fingerprint density at radius 3 is 2.86 bits per heavy atom. The zero-order chi connectivity index (χ0) is 10.6. The first-order valence-electron chi connectivity index (χ1n) is 4.36. The summed E-state index contributed by atoms with van der Waals surface area (Å²) in [5.41, 5.74) is 5.77. The quantitative estimate of drug-likeness (QED) is 0.568. The van der Waals surface area contributed by atoms with E-state index in [-0.39, 0.29) is 18.0 Å². The molecule has 0 fully saturated rings. The molecular weight excluding hydrogens is 183 g/mol. The Morgan fingerprint density at radius 1 is 1.57 bits per heavy atom. The minimum absolute atomic E-state index is 0.127. The highest BCUT2D eigenvalue weighted by Gasteiger charge is 2.09. The van der Waals surface area contributed by atoms with Crippen LogP contribution < -0.4 is 5.73 Å². The Hall–Kier alpha value is -1.42. The summed E-state index contributed by atoms with van der Waals surface area (Å²) in [6.07, 6.45) is 0. The van der Waals surface area contributed by atoms with Crippen molar-refractivity contribution in [2.75, 3.05) is 6.61 Å². The molecule has 0 aromatic heterocycles. The SMILES string of the molecule is CCOCc1cccc(C(=N)N)c1F. The number of ether oxygens (including phenoxy) is 1. The van der Waals surface area contributed by atoms with Gasteiger partial charge in [0.15, 0.2) is 0 Å². The van der Waals surface area contributed by atoms with E-state index in [0.29, 0.717) is 12.2 Å². The average molecular weight is 196 g/mol. The van der Waals surface area contributed by atoms with Crippen LogP contribution in [0.5, 0.6) is 0 Å². The van der Waals surface area contributed by atoms with Gasteiger partial charge in [-0.05, 0) is 13.0 Å². The minimum atomic E-state index is -0.464. The van der Waals surface area contributed by atoms with Crippen LogP contribution in [-0.4, -0.2) is 12.4 Å². The van der Waals surface area contributed by atoms with Crippen LogP contribution in [0.1, 0.15) is 18.1 Å². The van der Waals surface area contributed by atoms with E-state index in [9.17, 15) is 4.39 Å². The molecule has 0 aliphatic rings. The number of amidine groups is 1. The lowest BCUT2D eigenvalue weighted by molar-refractivity contribution is 0.131. The number of nitrogen functional groups attached to an aromatic ring is 1. The van der Waals surface area contributed by atoms with Crippen molar-refractivity contribution in [1.82, 2.24) is 0 Å². The molecule has 0 atom stereocenters. The molecule has 0 spiro atoms. The first kappa shape index (κ1) is 10.7. The highest BCUT2D eigenvalue weighted by Crippen LogP contribution is 2.13. The first-order valence-corrected chi connectivity index (χ1v) is 4.36. The van der Waals surface area contributed by atoms with Gasteiger partial charge in [0.25, 0.3) is 0 Å². The van der Waals surface area contributed by atoms with Crippen molar-refractivity contribution < 1.29 is 9.13 Å². The largest absolute Gasteiger partial charge is 0.384 e. The van der Waals surface area contributed by atoms with Crippen LogP contribution >= 0.6 is 0 Å². The lowest BCUT2D eigenvalue weighted by atomic mass is 10.1. The van der Waals surface area contributed by atoms with E-state index in [1.165, 1.54) is 6.07 Å². The highest BCUT2D eigenvalue weighted by atomic mass is 19.1. The van der Waals surface area contributed by atoms with Crippen molar-refractivity contribution in [1.29, 1.82) is 5.41 Å². The summed E-state index contributed by atoms with van der Waals surface area (Å²) in [6, 6.07) is 4.76. The summed E-state index contributed by atoms with van der Waals surface area (Å²) in [6.45, 7) is 2.58. The summed E-state index contributed by atoms with van der Waals surface area (Å²) in [7, 11) is 0. The third-order valence-corrected chi connectivity index (χ3v) is 1.83. The summed E-state index contributed by atoms with van der Waals surface area (Å²) < 4.78 is 18.6. The minimum Gasteiger partial charge on any atom is -0.384 e. The van der Waals surface area contributed by atoms with Crippen molar-refractivity contribution in [3.05, 3.63) is 35.1 Å². The van der Waals surface area contributed by atoms with Gasteiger partial charge in [-0.1, -0.05) is 12.1 Å². The van der Waals surface area contributed by atoms with Crippen LogP contribution in [0.3, 0.4) is 0 Å². The van der Waals surface area contributed by atoms with E-state index in [4.69, 9.17) is 15.9 Å². The fraction of sp³-hybridized carbons (Fsp3) is 0.300. The van der Waals surface area contributed by atoms with E-state index in [0.717, 1.165) is 0 Å². The number of hydrogen-bond donors (Lipinski definition) is 2. The fourth-order valence-corrected chi connectivity index (χ4v) is 1.11. The topological polar surface area (TPSA) is 59.1 Å². The van der Waals surface area contributed by atoms with Crippen molar-refractivity contribution in [2.45, 2.75) is 13.5 Å². The number of nitrogens with one attached hydrogen (secondary N) is 1. The molecule has 0 heterocycles. The van der Waals surface area contributed by atoms with Crippen LogP contribution in [0.15, 0.2) is 18.2 Å². The molecule has 0 unspecified atom stereocenters. The van der Waals surface area contributed by atoms with Crippen LogP contribution in [0, 0.1) is 11.2 Å². The smallest absolute Gasteiger partial charge is 0.139 e. The van der Waals surface area contributed by atoms with Crippen LogP contribution in [0.25, 0.3) is 0 Å². The van der Waals surface area contributed by atoms with Crippen molar-refractivity contribution >= 4 is 5.84 Å². The Morgan fingerprint density at radius 2 is 2.29 bits per heavy atom. The zero-order valence-corrected chi connectivity index (χ0v) is 8.01. The van der Waals surface area contributed by atoms with Gasteiger partial charge in [-0.2, -0.15) is 0 Å². The molecule has 0 saturated carbocycles. The van der Waals surface area contributed by atoms with Gasteiger partial charge in [0.2, 0.25) is 0 Å². The molecule has 1 aromatic carbocycles. The molecule has 0 aliphatic carbocycles. The van der Waals surface area contributed by atoms with E-state index in [1.54, 1.807) is 12.1 Å². The summed E-state index contributed by atoms with van der Waals surface area (Å²) in [4.78, 5) is 0. The molecule has 0 radical (unpaired) electrons. The van der Waals surface area contributed by atoms with Gasteiger partial charge < -0.3 is 10.5 Å². The number of hydrogen-bond acceptors (Lipinski definition) is 2. The van der Waals surface area contributed by atoms with Gasteiger partial charge in [-0.15, -0.1) is 0 Å². The van der Waals surface area contributed by atoms with Gasteiger partial charge in [-0.25, -0.2) is 4.39 Å². The summed E-state index contributed by atoms with van der Waals surface area (Å²) in [5.74, 6) is -0.728. The van der Waals surface area contributed by atoms with Crippen LogP contribution in [0.2, 0.25) is 0 Å². The third-order valence-electron chi connectivity index (χ3n) is 1.83. The van der Waals surface area contributed by atoms with Gasteiger partial charge in [0.1, 0.15) is 11.7 Å². The van der Waals surface area contributed by atoms with Gasteiger partial charge in [0, 0.05) is 12.2 Å². The first-order chi connectivity index (χ1) is 6.66. The van der Waals surface area contributed by atoms with E-state index < -0.39 is 5.82 Å². The maximum absolute atomic E-state index is 13.5. The van der Waals surface area contributed by atoms with Crippen molar-refractivity contribution in [3.8, 4) is 0 Å². The molecule has 4 heteroatoms. The van der Waals surface area contributed by atoms with Crippen molar-refractivity contribution in [2.24, 2.45) is 5.73 Å². The van der Waals surface area contributed by atoms with Gasteiger partial charge in [-0.3, -0.25) is 5.41 Å². The Balaban J connectivity index is 2.95. The van der Waals surface area contributed by atoms with Crippen molar-refractivity contribution in [3.63, 3.8) is 0 Å². The predicted molar refractivity (Wildman–Crippen MR) is 52.7 cm³/mol. The normalized spacial score (nSPS) is 10.1. The summed E-state index contributed by atoms with van der Waals surface area (Å²) >= 11 is 0. The summed E-state index contributed by atoms with van der Waals surface area (Å²) in [5, 5.41) is 7.15. The molecule has 76 valence electrons. The van der Waals surface area contributed by atoms with Gasteiger partial charge in [0.05, 0.1) is 12.2 Å². The highest BCUT2D eigenvalue weighted by molar-refractivity contribution is 5.95. The average Bonchev–Trinajstić information content (AvgIpc) is 2.16. The Bertz CT molecular complexity index is 339. The number of nitrogens with two attached hydrogens (primary N) is 1. The van der Waals surface area contributed by atoms with E-state index in [2.05, 4.69) is 0 Å². The van der Waals surface area contributed by atoms with Crippen LogP contribution in [-0.2, 0) is 11.3 Å². The van der Waals surface area contributed by atoms with E-state index >= 15 is 0 Å². The molecule has 0 aliphatic heterocycles. The molecule has 0 amide bonds. The van der Waals surface area contributed by atoms with Gasteiger partial charge >= 0.3 is 0 Å². The number of rotatable bonds is 4. The molecule has 1 aromatic rings. The monoisotopic (exact) mass is 196 g/mol. The maximum Gasteiger partial charge on any atom is 0.139 e. The van der Waals surface area contributed by atoms with E-state index in [1.807, 2.05) is 6.92 Å². The van der Waals surface area contributed by atoms with Crippen LogP contribution in [0.4, 0.5) is 4.39 Å². The Kier molecular flexibility index (Phi) is 3.59. The standard InChI is InChI=1S/C10H13FN2O/c1-2-14-6-7-4-3-5-8(9(7)11)10(12)13/h3-5H,2,6H2,1H3,(H3,12,13). The molecule has 0 bridgehead atoms. The fourth-order valence-electron chi connectivity index (χ4n) is 1.11. The second-order valence-electron chi connectivity index (χ2n) is 2.83. The molecule has 0 saturated heterocycles. The molecular formula is C10H13FN2O. The molecule has 3 nitrogen and oxygen atoms in total. The lowest BCUT2D eigenvalue weighted by Crippen LogP contribution is -2.14.